The van der Waals surface area contributed by atoms with E-state index in [4.69, 9.17) is 10.5 Å². The molecule has 2 N–H and O–H groups in total. The van der Waals surface area contributed by atoms with Crippen molar-refractivity contribution in [2.45, 2.75) is 13.0 Å². The van der Waals surface area contributed by atoms with Gasteiger partial charge in [-0.1, -0.05) is 6.07 Å². The highest BCUT2D eigenvalue weighted by molar-refractivity contribution is 5.92. The van der Waals surface area contributed by atoms with Crippen LogP contribution in [0.1, 0.15) is 17.3 Å². The van der Waals surface area contributed by atoms with Gasteiger partial charge in [0.2, 0.25) is 0 Å². The van der Waals surface area contributed by atoms with Crippen molar-refractivity contribution in [2.75, 3.05) is 0 Å². The Bertz CT molecular complexity index is 590. The van der Waals surface area contributed by atoms with Gasteiger partial charge in [0.15, 0.2) is 6.10 Å². The van der Waals surface area contributed by atoms with Crippen LogP contribution in [0.25, 0.3) is 5.69 Å². The number of amides is 1. The van der Waals surface area contributed by atoms with Gasteiger partial charge in [0.05, 0.1) is 5.56 Å². The molecule has 98 valence electrons. The third kappa shape index (κ3) is 3.01. The highest BCUT2D eigenvalue weighted by Crippen LogP contribution is 2.12. The molecule has 1 aromatic carbocycles. The lowest BCUT2D eigenvalue weighted by Gasteiger charge is -2.10. The molecule has 2 aromatic rings. The van der Waals surface area contributed by atoms with Gasteiger partial charge in [0, 0.05) is 18.1 Å². The summed E-state index contributed by atoms with van der Waals surface area (Å²) in [7, 11) is 0. The average Bonchev–Trinajstić information content (AvgIpc) is 2.92. The highest BCUT2D eigenvalue weighted by atomic mass is 16.5. The Hall–Kier alpha value is -2.56. The van der Waals surface area contributed by atoms with Gasteiger partial charge in [-0.2, -0.15) is 0 Å². The summed E-state index contributed by atoms with van der Waals surface area (Å²) in [6, 6.07) is 10.7. The first-order valence-corrected chi connectivity index (χ1v) is 5.81. The fourth-order valence-corrected chi connectivity index (χ4v) is 1.59. The number of hydrogen-bond donors (Lipinski definition) is 1. The lowest BCUT2D eigenvalue weighted by molar-refractivity contribution is -0.125. The number of primary amides is 1. The molecule has 1 atom stereocenters. The maximum absolute atomic E-state index is 11.8. The molecule has 0 spiro atoms. The Morgan fingerprint density at radius 2 is 1.89 bits per heavy atom. The van der Waals surface area contributed by atoms with Gasteiger partial charge in [0.1, 0.15) is 0 Å². The molecule has 0 aliphatic heterocycles. The Morgan fingerprint density at radius 1 is 1.21 bits per heavy atom. The van der Waals surface area contributed by atoms with Crippen molar-refractivity contribution in [3.8, 4) is 5.69 Å². The fourth-order valence-electron chi connectivity index (χ4n) is 1.59. The molecule has 0 aliphatic rings. The van der Waals surface area contributed by atoms with Crippen LogP contribution in [0.4, 0.5) is 0 Å². The van der Waals surface area contributed by atoms with Crippen LogP contribution in [-0.4, -0.2) is 22.5 Å². The van der Waals surface area contributed by atoms with E-state index in [2.05, 4.69) is 0 Å². The molecular formula is C14H14N2O3. The second-order valence-corrected chi connectivity index (χ2v) is 4.09. The van der Waals surface area contributed by atoms with E-state index in [9.17, 15) is 9.59 Å². The molecule has 0 saturated heterocycles. The summed E-state index contributed by atoms with van der Waals surface area (Å²) in [5, 5.41) is 0. The van der Waals surface area contributed by atoms with Gasteiger partial charge in [-0.3, -0.25) is 4.79 Å². The van der Waals surface area contributed by atoms with Gasteiger partial charge >= 0.3 is 5.97 Å². The molecule has 5 nitrogen and oxygen atoms in total. The largest absolute Gasteiger partial charge is 0.449 e. The minimum absolute atomic E-state index is 0.374. The Balaban J connectivity index is 2.19. The van der Waals surface area contributed by atoms with Gasteiger partial charge < -0.3 is 15.0 Å². The first-order valence-electron chi connectivity index (χ1n) is 5.81. The van der Waals surface area contributed by atoms with Gasteiger partial charge in [-0.15, -0.1) is 0 Å². The van der Waals surface area contributed by atoms with Crippen LogP contribution in [-0.2, 0) is 9.53 Å². The van der Waals surface area contributed by atoms with Crippen LogP contribution >= 0.6 is 0 Å². The van der Waals surface area contributed by atoms with Crippen LogP contribution in [0.3, 0.4) is 0 Å². The van der Waals surface area contributed by atoms with Crippen molar-refractivity contribution >= 4 is 11.9 Å². The molecule has 0 saturated carbocycles. The molecule has 0 radical (unpaired) electrons. The molecular weight excluding hydrogens is 244 g/mol. The normalized spacial score (nSPS) is 11.8. The number of nitrogens with zero attached hydrogens (tertiary/aromatic N) is 1. The minimum atomic E-state index is -0.942. The molecule has 0 fully saturated rings. The average molecular weight is 258 g/mol. The SMILES string of the molecule is CC(OC(=O)c1cccc(-n2cccc2)c1)C(N)=O. The maximum Gasteiger partial charge on any atom is 0.338 e. The van der Waals surface area contributed by atoms with E-state index in [0.717, 1.165) is 5.69 Å². The van der Waals surface area contributed by atoms with Crippen LogP contribution in [0, 0.1) is 0 Å². The van der Waals surface area contributed by atoms with Crippen molar-refractivity contribution in [3.05, 3.63) is 54.4 Å². The molecule has 5 heteroatoms. The number of carbonyl (C=O) groups is 2. The summed E-state index contributed by atoms with van der Waals surface area (Å²) in [6.45, 7) is 1.44. The molecule has 0 aliphatic carbocycles. The van der Waals surface area contributed by atoms with Gasteiger partial charge in [-0.25, -0.2) is 4.79 Å². The second kappa shape index (κ2) is 5.39. The van der Waals surface area contributed by atoms with E-state index < -0.39 is 18.0 Å². The summed E-state index contributed by atoms with van der Waals surface area (Å²) in [4.78, 5) is 22.7. The number of benzene rings is 1. The van der Waals surface area contributed by atoms with Gasteiger partial charge in [0.25, 0.3) is 5.91 Å². The molecule has 1 unspecified atom stereocenters. The first kappa shape index (κ1) is 12.9. The first-order chi connectivity index (χ1) is 9.08. The number of rotatable bonds is 4. The maximum atomic E-state index is 11.8. The topological polar surface area (TPSA) is 74.3 Å². The Labute approximate surface area is 110 Å². The third-order valence-electron chi connectivity index (χ3n) is 2.67. The van der Waals surface area contributed by atoms with Crippen molar-refractivity contribution < 1.29 is 14.3 Å². The van der Waals surface area contributed by atoms with E-state index in [1.807, 2.05) is 35.2 Å². The summed E-state index contributed by atoms with van der Waals surface area (Å²) in [5.74, 6) is -1.24. The predicted octanol–water partition coefficient (Wildman–Crippen LogP) is 1.51. The molecule has 0 bridgehead atoms. The number of nitrogens with two attached hydrogens (primary N) is 1. The summed E-state index contributed by atoms with van der Waals surface area (Å²) in [6.07, 6.45) is 2.80. The summed E-state index contributed by atoms with van der Waals surface area (Å²) in [5.41, 5.74) is 6.26. The van der Waals surface area contributed by atoms with Crippen molar-refractivity contribution in [1.29, 1.82) is 0 Å². The van der Waals surface area contributed by atoms with E-state index in [0.29, 0.717) is 5.56 Å². The number of esters is 1. The smallest absolute Gasteiger partial charge is 0.338 e. The van der Waals surface area contributed by atoms with E-state index in [-0.39, 0.29) is 0 Å². The van der Waals surface area contributed by atoms with Crippen molar-refractivity contribution in [2.24, 2.45) is 5.73 Å². The second-order valence-electron chi connectivity index (χ2n) is 4.09. The monoisotopic (exact) mass is 258 g/mol. The van der Waals surface area contributed by atoms with E-state index >= 15 is 0 Å². The Kier molecular flexibility index (Phi) is 3.66. The summed E-state index contributed by atoms with van der Waals surface area (Å²) < 4.78 is 6.82. The molecule has 1 amide bonds. The molecule has 2 rings (SSSR count). The molecule has 19 heavy (non-hydrogen) atoms. The number of carbonyl (C=O) groups excluding carboxylic acids is 2. The van der Waals surface area contributed by atoms with Crippen LogP contribution in [0.15, 0.2) is 48.8 Å². The van der Waals surface area contributed by atoms with Crippen molar-refractivity contribution in [3.63, 3.8) is 0 Å². The van der Waals surface area contributed by atoms with Gasteiger partial charge in [-0.05, 0) is 37.3 Å². The van der Waals surface area contributed by atoms with E-state index in [1.54, 1.807) is 18.2 Å². The quantitative estimate of drug-likeness (QED) is 0.845. The third-order valence-corrected chi connectivity index (χ3v) is 2.67. The van der Waals surface area contributed by atoms with Crippen LogP contribution in [0.2, 0.25) is 0 Å². The minimum Gasteiger partial charge on any atom is -0.449 e. The predicted molar refractivity (Wildman–Crippen MR) is 69.8 cm³/mol. The number of aromatic nitrogens is 1. The fraction of sp³-hybridized carbons (Fsp3) is 0.143. The zero-order valence-corrected chi connectivity index (χ0v) is 10.4. The lowest BCUT2D eigenvalue weighted by atomic mass is 10.2. The van der Waals surface area contributed by atoms with Crippen LogP contribution in [0.5, 0.6) is 0 Å². The Morgan fingerprint density at radius 3 is 2.53 bits per heavy atom. The zero-order valence-electron chi connectivity index (χ0n) is 10.4. The summed E-state index contributed by atoms with van der Waals surface area (Å²) >= 11 is 0. The number of ether oxygens (including phenoxy) is 1. The highest BCUT2D eigenvalue weighted by Gasteiger charge is 2.16. The zero-order chi connectivity index (χ0) is 13.8. The molecule has 1 heterocycles. The standard InChI is InChI=1S/C14H14N2O3/c1-10(13(15)17)19-14(18)11-5-4-6-12(9-11)16-7-2-3-8-16/h2-10H,1H3,(H2,15,17). The van der Waals surface area contributed by atoms with Crippen molar-refractivity contribution in [1.82, 2.24) is 4.57 Å². The molecule has 1 aromatic heterocycles. The van der Waals surface area contributed by atoms with E-state index in [1.165, 1.54) is 6.92 Å². The van der Waals surface area contributed by atoms with Crippen LogP contribution < -0.4 is 5.73 Å². The lowest BCUT2D eigenvalue weighted by Crippen LogP contribution is -2.30. The number of hydrogen-bond acceptors (Lipinski definition) is 3.